The summed E-state index contributed by atoms with van der Waals surface area (Å²) in [5, 5.41) is 19.7. The minimum absolute atomic E-state index is 0.0663. The van der Waals surface area contributed by atoms with Gasteiger partial charge in [0.25, 0.3) is 11.8 Å². The first kappa shape index (κ1) is 51.3. The van der Waals surface area contributed by atoms with Gasteiger partial charge in [0.05, 0.1) is 44.0 Å². The van der Waals surface area contributed by atoms with Gasteiger partial charge >= 0.3 is 6.09 Å². The van der Waals surface area contributed by atoms with Gasteiger partial charge in [-0.15, -0.1) is 0 Å². The molecule has 67 heavy (non-hydrogen) atoms. The number of hydrogen-bond donors (Lipinski definition) is 3. The van der Waals surface area contributed by atoms with Crippen LogP contribution in [0.15, 0.2) is 91.1 Å². The van der Waals surface area contributed by atoms with Gasteiger partial charge in [-0.3, -0.25) is 19.5 Å². The van der Waals surface area contributed by atoms with Crippen LogP contribution in [0.3, 0.4) is 0 Å². The number of nitrogens with zero attached hydrogens (tertiary/aromatic N) is 3. The molecule has 7 rings (SSSR count). The van der Waals surface area contributed by atoms with E-state index in [2.05, 4.69) is 51.3 Å². The van der Waals surface area contributed by atoms with Crippen LogP contribution in [0.4, 0.5) is 13.6 Å². The van der Waals surface area contributed by atoms with E-state index in [4.69, 9.17) is 19.5 Å². The number of ether oxygens (including phenoxy) is 3. The predicted octanol–water partition coefficient (Wildman–Crippen LogP) is 9.06. The molecule has 2 heterocycles. The summed E-state index contributed by atoms with van der Waals surface area (Å²) in [6, 6.07) is 29.0. The van der Waals surface area contributed by atoms with Crippen LogP contribution in [0.1, 0.15) is 81.6 Å². The van der Waals surface area contributed by atoms with E-state index in [1.165, 1.54) is 41.8 Å². The van der Waals surface area contributed by atoms with Gasteiger partial charge in [-0.25, -0.2) is 13.6 Å². The number of alkyl carbamates (subject to hydrolysis) is 1. The van der Waals surface area contributed by atoms with Crippen molar-refractivity contribution in [2.75, 3.05) is 40.9 Å². The van der Waals surface area contributed by atoms with Gasteiger partial charge < -0.3 is 35.0 Å². The summed E-state index contributed by atoms with van der Waals surface area (Å²) in [6.07, 6.45) is 8.14. The van der Waals surface area contributed by atoms with Gasteiger partial charge in [-0.1, -0.05) is 67.8 Å². The van der Waals surface area contributed by atoms with E-state index in [1.54, 1.807) is 19.4 Å². The Balaban J connectivity index is 0.000000367. The van der Waals surface area contributed by atoms with Gasteiger partial charge in [-0.05, 0) is 99.3 Å². The number of aldehydes is 1. The molecule has 2 unspecified atom stereocenters. The molecular formula is C52H62F2N6O7. The number of nitrogens with one attached hydrogen (secondary N) is 3. The predicted molar refractivity (Wildman–Crippen MR) is 255 cm³/mol. The van der Waals surface area contributed by atoms with Crippen LogP contribution in [0.2, 0.25) is 0 Å². The number of likely N-dealkylation sites (tertiary alicyclic amines) is 1. The van der Waals surface area contributed by atoms with Crippen LogP contribution in [0.5, 0.6) is 11.5 Å². The fourth-order valence-corrected chi connectivity index (χ4v) is 8.05. The quantitative estimate of drug-likeness (QED) is 0.0968. The smallest absolute Gasteiger partial charge is 0.407 e. The number of benzene rings is 4. The molecule has 13 nitrogen and oxygen atoms in total. The number of rotatable bonds is 13. The minimum Gasteiger partial charge on any atom is -0.497 e. The Bertz CT molecular complexity index is 2520. The lowest BCUT2D eigenvalue weighted by molar-refractivity contribution is -0.126. The number of alkyl halides is 2. The molecule has 0 spiro atoms. The molecular weight excluding hydrogens is 859 g/mol. The van der Waals surface area contributed by atoms with Crippen LogP contribution in [0.25, 0.3) is 32.8 Å². The second-order valence-corrected chi connectivity index (χ2v) is 17.8. The molecule has 2 atom stereocenters. The van der Waals surface area contributed by atoms with Gasteiger partial charge in [0.2, 0.25) is 5.91 Å². The second-order valence-electron chi connectivity index (χ2n) is 17.8. The Kier molecular flexibility index (Phi) is 18.5. The van der Waals surface area contributed by atoms with Crippen molar-refractivity contribution < 1.29 is 42.2 Å². The summed E-state index contributed by atoms with van der Waals surface area (Å²) in [6.45, 7) is 5.48. The normalized spacial score (nSPS) is 16.2. The van der Waals surface area contributed by atoms with E-state index in [-0.39, 0.29) is 55.0 Å². The molecule has 356 valence electrons. The summed E-state index contributed by atoms with van der Waals surface area (Å²) < 4.78 is 41.7. The van der Waals surface area contributed by atoms with Crippen molar-refractivity contribution in [1.82, 2.24) is 25.8 Å². The zero-order chi connectivity index (χ0) is 48.6. The van der Waals surface area contributed by atoms with Crippen LogP contribution in [0, 0.1) is 17.2 Å². The lowest BCUT2D eigenvalue weighted by Crippen LogP contribution is -2.41. The van der Waals surface area contributed by atoms with E-state index in [9.17, 15) is 28.0 Å². The number of fused-ring (bicyclic) bond motifs is 2. The van der Waals surface area contributed by atoms with Crippen LogP contribution < -0.4 is 25.4 Å². The molecule has 1 saturated heterocycles. The highest BCUT2D eigenvalue weighted by atomic mass is 19.3. The average molecular weight is 921 g/mol. The lowest BCUT2D eigenvalue weighted by Gasteiger charge is -2.25. The molecule has 1 aliphatic carbocycles. The van der Waals surface area contributed by atoms with Crippen LogP contribution >= 0.6 is 0 Å². The first-order valence-electron chi connectivity index (χ1n) is 22.6. The summed E-state index contributed by atoms with van der Waals surface area (Å²) in [4.78, 5) is 53.4. The maximum Gasteiger partial charge on any atom is 0.407 e. The number of carbonyl (C=O) groups excluding carboxylic acids is 4. The molecule has 1 saturated carbocycles. The molecule has 2 fully saturated rings. The summed E-state index contributed by atoms with van der Waals surface area (Å²) in [5.74, 6) is -1.51. The SMILES string of the molecule is CN1CC(F)(F)CC1C#N.CNC(=O)OC(C)(C)C.COc1ccc(-c2ccc3nccc(C(=O)NCC=O)c3c2)c(OCCC(Cc2ccc3ccccc3c2)NC(=O)C2CCCCC2)c1. The van der Waals surface area contributed by atoms with E-state index < -0.39 is 12.0 Å². The third-order valence-electron chi connectivity index (χ3n) is 11.4. The number of pyridine rings is 1. The molecule has 2 aliphatic rings. The first-order valence-corrected chi connectivity index (χ1v) is 22.6. The van der Waals surface area contributed by atoms with Crippen LogP contribution in [-0.2, 0) is 20.7 Å². The Hall–Kier alpha value is -6.66. The van der Waals surface area contributed by atoms with Crippen LogP contribution in [-0.4, -0.2) is 98.6 Å². The molecule has 1 aliphatic heterocycles. The molecule has 5 aromatic rings. The third kappa shape index (κ3) is 15.5. The van der Waals surface area contributed by atoms with Gasteiger partial charge in [-0.2, -0.15) is 5.26 Å². The van der Waals surface area contributed by atoms with E-state index in [1.807, 2.05) is 75.4 Å². The maximum absolute atomic E-state index is 13.4. The Morgan fingerprint density at radius 1 is 0.985 bits per heavy atom. The number of halogens is 2. The largest absolute Gasteiger partial charge is 0.497 e. The number of amides is 3. The summed E-state index contributed by atoms with van der Waals surface area (Å²) in [7, 11) is 4.69. The summed E-state index contributed by atoms with van der Waals surface area (Å²) in [5.41, 5.74) is 3.56. The zero-order valence-corrected chi connectivity index (χ0v) is 39.2. The standard InChI is InChI=1S/C40H41N3O5.C6H8F2N2.C6H13NO2/c1-47-33-14-15-34(31-13-16-37-36(25-31)35(17-19-41-37)40(46)42-20-21-44)38(26-33)48-22-18-32(43-39(45)29-8-3-2-4-9-29)24-27-11-12-28-7-5-6-10-30(28)23-27;1-10-4-6(7,8)2-5(10)3-9;1-6(2,3)9-5(8)7-4/h5-7,10-17,19,21,23,25-26,29,32H,2-4,8-9,18,20,22,24H2,1H3,(H,42,46)(H,43,45);5H,2,4H2,1H3;1-4H3,(H,7,8). The first-order chi connectivity index (χ1) is 32.0. The van der Waals surface area contributed by atoms with E-state index >= 15 is 0 Å². The summed E-state index contributed by atoms with van der Waals surface area (Å²) >= 11 is 0. The minimum atomic E-state index is -2.66. The highest BCUT2D eigenvalue weighted by molar-refractivity contribution is 6.07. The molecule has 3 amide bonds. The lowest BCUT2D eigenvalue weighted by atomic mass is 9.88. The van der Waals surface area contributed by atoms with Crippen molar-refractivity contribution in [2.24, 2.45) is 5.92 Å². The molecule has 1 aromatic heterocycles. The highest BCUT2D eigenvalue weighted by Crippen LogP contribution is 2.36. The monoisotopic (exact) mass is 920 g/mol. The number of methoxy groups -OCH3 is 1. The van der Waals surface area contributed by atoms with E-state index in [0.717, 1.165) is 36.8 Å². The Morgan fingerprint density at radius 3 is 2.36 bits per heavy atom. The van der Waals surface area contributed by atoms with Crippen molar-refractivity contribution in [3.05, 3.63) is 102 Å². The third-order valence-corrected chi connectivity index (χ3v) is 11.4. The Morgan fingerprint density at radius 2 is 1.73 bits per heavy atom. The topological polar surface area (TPSA) is 172 Å². The average Bonchev–Trinajstić information content (AvgIpc) is 3.60. The number of aromatic nitrogens is 1. The van der Waals surface area contributed by atoms with Crippen molar-refractivity contribution in [1.29, 1.82) is 5.26 Å². The second kappa shape index (κ2) is 24.2. The molecule has 15 heteroatoms. The number of nitriles is 1. The Labute approximate surface area is 391 Å². The molecule has 4 aromatic carbocycles. The fraction of sp³-hybridized carbons (Fsp3) is 0.423. The fourth-order valence-electron chi connectivity index (χ4n) is 8.05. The number of carbonyl (C=O) groups is 4. The number of hydrogen-bond acceptors (Lipinski definition) is 10. The van der Waals surface area contributed by atoms with Crippen molar-refractivity contribution >= 4 is 45.9 Å². The molecule has 3 N–H and O–H groups in total. The molecule has 0 bridgehead atoms. The molecule has 0 radical (unpaired) electrons. The van der Waals surface area contributed by atoms with Gasteiger partial charge in [0.15, 0.2) is 0 Å². The zero-order valence-electron chi connectivity index (χ0n) is 39.2. The van der Waals surface area contributed by atoms with Gasteiger partial charge in [0.1, 0.15) is 29.4 Å². The van der Waals surface area contributed by atoms with Gasteiger partial charge in [0, 0.05) is 55.1 Å². The van der Waals surface area contributed by atoms with Crippen molar-refractivity contribution in [3.8, 4) is 28.7 Å². The maximum atomic E-state index is 13.4. The van der Waals surface area contributed by atoms with E-state index in [0.29, 0.717) is 53.7 Å². The van der Waals surface area contributed by atoms with Crippen molar-refractivity contribution in [3.63, 3.8) is 0 Å². The van der Waals surface area contributed by atoms with Crippen molar-refractivity contribution in [2.45, 2.75) is 95.7 Å². The highest BCUT2D eigenvalue weighted by Gasteiger charge is 2.43.